The molecule has 0 amide bonds. The molecule has 0 bridgehead atoms. The molecule has 8 rings (SSSR count). The van der Waals surface area contributed by atoms with Crippen molar-refractivity contribution in [1.29, 1.82) is 0 Å². The SMILES string of the molecule is Cc1ccnc(-c2[c-]cc3c(c2)C(C)(C)c2c-3ccc3ccccc23)c1.[Ir].[c-]1ccc(-c2cccs2)cc1-c1ccccn1. The van der Waals surface area contributed by atoms with Crippen molar-refractivity contribution in [2.75, 3.05) is 0 Å². The number of pyridine rings is 2. The van der Waals surface area contributed by atoms with E-state index in [1.807, 2.05) is 36.5 Å². The van der Waals surface area contributed by atoms with Gasteiger partial charge in [0, 0.05) is 37.4 Å². The number of aryl methyl sites for hydroxylation is 1. The van der Waals surface area contributed by atoms with Crippen molar-refractivity contribution in [3.8, 4) is 44.1 Å². The molecule has 0 aliphatic heterocycles. The zero-order valence-electron chi connectivity index (χ0n) is 24.8. The minimum atomic E-state index is -0.0425. The van der Waals surface area contributed by atoms with Crippen molar-refractivity contribution in [1.82, 2.24) is 9.97 Å². The van der Waals surface area contributed by atoms with Crippen LogP contribution in [-0.2, 0) is 25.5 Å². The van der Waals surface area contributed by atoms with Crippen LogP contribution in [0.3, 0.4) is 0 Å². The van der Waals surface area contributed by atoms with Crippen LogP contribution in [-0.4, -0.2) is 9.97 Å². The fourth-order valence-electron chi connectivity index (χ4n) is 6.10. The van der Waals surface area contributed by atoms with E-state index >= 15 is 0 Å². The molecule has 4 heteroatoms. The molecule has 7 aromatic rings. The summed E-state index contributed by atoms with van der Waals surface area (Å²) in [7, 11) is 0. The Labute approximate surface area is 276 Å². The first-order chi connectivity index (χ1) is 21.0. The second-order valence-electron chi connectivity index (χ2n) is 11.4. The molecule has 0 spiro atoms. The van der Waals surface area contributed by atoms with Crippen molar-refractivity contribution in [3.63, 3.8) is 0 Å². The smallest absolute Gasteiger partial charge is 0.0163 e. The summed E-state index contributed by atoms with van der Waals surface area (Å²) in [6.45, 7) is 6.76. The normalized spacial score (nSPS) is 12.4. The molecule has 3 heterocycles. The number of thiophene rings is 1. The fourth-order valence-corrected chi connectivity index (χ4v) is 6.82. The van der Waals surface area contributed by atoms with Crippen molar-refractivity contribution < 1.29 is 20.1 Å². The van der Waals surface area contributed by atoms with E-state index in [1.165, 1.54) is 49.0 Å². The van der Waals surface area contributed by atoms with Crippen LogP contribution in [0.25, 0.3) is 54.9 Å². The summed E-state index contributed by atoms with van der Waals surface area (Å²) in [6.07, 6.45) is 3.68. The Morgan fingerprint density at radius 1 is 0.705 bits per heavy atom. The number of hydrogen-bond acceptors (Lipinski definition) is 3. The third-order valence-electron chi connectivity index (χ3n) is 8.21. The third-order valence-corrected chi connectivity index (χ3v) is 9.13. The standard InChI is InChI=1S/C25H20N.C15H10NS.Ir/c1-16-12-13-26-23(14-16)18-9-10-20-21-11-8-17-6-4-5-7-19(17)24(21)25(2,3)22(20)15-18;1-2-9-16-14(7-1)12-5-3-6-13(11-12)15-8-4-10-17-15;/h4-8,10-15H,1-3H3;1-4,6-11H;/q2*-1;. The number of nitrogens with zero attached hydrogens (tertiary/aromatic N) is 2. The maximum atomic E-state index is 4.55. The number of benzene rings is 4. The van der Waals surface area contributed by atoms with E-state index in [4.69, 9.17) is 0 Å². The summed E-state index contributed by atoms with van der Waals surface area (Å²) in [5.74, 6) is 0. The molecule has 2 nitrogen and oxygen atoms in total. The topological polar surface area (TPSA) is 25.8 Å². The molecule has 0 saturated heterocycles. The minimum absolute atomic E-state index is 0. The number of fused-ring (bicyclic) bond motifs is 5. The van der Waals surface area contributed by atoms with Crippen LogP contribution in [0, 0.1) is 19.1 Å². The van der Waals surface area contributed by atoms with Crippen molar-refractivity contribution in [3.05, 3.63) is 156 Å². The fraction of sp³-hybridized carbons (Fsp3) is 0.100. The van der Waals surface area contributed by atoms with E-state index in [0.717, 1.165) is 22.5 Å². The van der Waals surface area contributed by atoms with E-state index in [1.54, 1.807) is 17.5 Å². The van der Waals surface area contributed by atoms with E-state index in [0.29, 0.717) is 0 Å². The Morgan fingerprint density at radius 2 is 1.52 bits per heavy atom. The molecule has 1 aliphatic rings. The molecule has 44 heavy (non-hydrogen) atoms. The van der Waals surface area contributed by atoms with Crippen LogP contribution >= 0.6 is 11.3 Å². The van der Waals surface area contributed by atoms with Gasteiger partial charge in [-0.15, -0.1) is 70.5 Å². The Morgan fingerprint density at radius 3 is 2.32 bits per heavy atom. The summed E-state index contributed by atoms with van der Waals surface area (Å²) in [5, 5.41) is 4.74. The van der Waals surface area contributed by atoms with Gasteiger partial charge in [-0.05, 0) is 63.6 Å². The van der Waals surface area contributed by atoms with Gasteiger partial charge in [0.2, 0.25) is 0 Å². The average molecular weight is 763 g/mol. The average Bonchev–Trinajstić information content (AvgIpc) is 3.67. The maximum absolute atomic E-state index is 4.55. The van der Waals surface area contributed by atoms with E-state index in [-0.39, 0.29) is 25.5 Å². The van der Waals surface area contributed by atoms with Crippen LogP contribution in [0.15, 0.2) is 127 Å². The number of hydrogen-bond donors (Lipinski definition) is 0. The quantitative estimate of drug-likeness (QED) is 0.168. The van der Waals surface area contributed by atoms with Crippen molar-refractivity contribution >= 4 is 22.1 Å². The minimum Gasteiger partial charge on any atom is -0.305 e. The summed E-state index contributed by atoms with van der Waals surface area (Å²) < 4.78 is 0. The monoisotopic (exact) mass is 763 g/mol. The van der Waals surface area contributed by atoms with Crippen LogP contribution in [0.5, 0.6) is 0 Å². The van der Waals surface area contributed by atoms with Gasteiger partial charge in [-0.25, -0.2) is 0 Å². The first-order valence-electron chi connectivity index (χ1n) is 14.5. The first-order valence-corrected chi connectivity index (χ1v) is 15.4. The Balaban J connectivity index is 0.000000166. The van der Waals surface area contributed by atoms with E-state index in [2.05, 4.69) is 127 Å². The van der Waals surface area contributed by atoms with Crippen LogP contribution in [0.4, 0.5) is 0 Å². The van der Waals surface area contributed by atoms with Crippen LogP contribution in [0.2, 0.25) is 0 Å². The van der Waals surface area contributed by atoms with Gasteiger partial charge < -0.3 is 9.97 Å². The number of aromatic nitrogens is 2. The summed E-state index contributed by atoms with van der Waals surface area (Å²) in [4.78, 5) is 10.2. The Kier molecular flexibility index (Phi) is 8.42. The Hall–Kier alpha value is -4.21. The molecule has 217 valence electrons. The van der Waals surface area contributed by atoms with Crippen LogP contribution in [0.1, 0.15) is 30.5 Å². The van der Waals surface area contributed by atoms with Crippen molar-refractivity contribution in [2.45, 2.75) is 26.2 Å². The molecule has 0 N–H and O–H groups in total. The van der Waals surface area contributed by atoms with Gasteiger partial charge in [0.25, 0.3) is 0 Å². The predicted octanol–water partition coefficient (Wildman–Crippen LogP) is 10.6. The second kappa shape index (κ2) is 12.4. The van der Waals surface area contributed by atoms with Crippen LogP contribution < -0.4 is 0 Å². The summed E-state index contributed by atoms with van der Waals surface area (Å²) in [6, 6.07) is 44.8. The molecule has 1 aliphatic carbocycles. The summed E-state index contributed by atoms with van der Waals surface area (Å²) >= 11 is 1.75. The largest absolute Gasteiger partial charge is 0.305 e. The first kappa shape index (κ1) is 29.8. The molecule has 0 saturated carbocycles. The molecule has 0 unspecified atom stereocenters. The van der Waals surface area contributed by atoms with Gasteiger partial charge in [0.15, 0.2) is 0 Å². The van der Waals surface area contributed by atoms with Gasteiger partial charge in [0.05, 0.1) is 0 Å². The van der Waals surface area contributed by atoms with E-state index in [9.17, 15) is 0 Å². The zero-order chi connectivity index (χ0) is 29.4. The second-order valence-corrected chi connectivity index (χ2v) is 12.4. The third kappa shape index (κ3) is 5.57. The van der Waals surface area contributed by atoms with Gasteiger partial charge in [-0.2, -0.15) is 0 Å². The predicted molar refractivity (Wildman–Crippen MR) is 180 cm³/mol. The van der Waals surface area contributed by atoms with Gasteiger partial charge in [-0.1, -0.05) is 96.8 Å². The zero-order valence-corrected chi connectivity index (χ0v) is 28.0. The molecular weight excluding hydrogens is 733 g/mol. The molecule has 1 radical (unpaired) electrons. The molecule has 0 fully saturated rings. The van der Waals surface area contributed by atoms with Gasteiger partial charge >= 0.3 is 0 Å². The van der Waals surface area contributed by atoms with Gasteiger partial charge in [0.1, 0.15) is 0 Å². The molecular formula is C40H30IrN2S-2. The maximum Gasteiger partial charge on any atom is 0.0163 e. The molecule has 3 aromatic heterocycles. The molecule has 4 aromatic carbocycles. The molecule has 0 atom stereocenters. The number of rotatable bonds is 3. The van der Waals surface area contributed by atoms with E-state index < -0.39 is 0 Å². The Bertz CT molecular complexity index is 2060. The van der Waals surface area contributed by atoms with Gasteiger partial charge in [-0.3, -0.25) is 0 Å². The van der Waals surface area contributed by atoms with Crippen molar-refractivity contribution in [2.24, 2.45) is 0 Å². The summed E-state index contributed by atoms with van der Waals surface area (Å²) in [5.41, 5.74) is 11.9.